The van der Waals surface area contributed by atoms with Crippen LogP contribution in [0, 0.1) is 29.4 Å². The minimum absolute atomic E-state index is 0.305. The lowest BCUT2D eigenvalue weighted by Crippen LogP contribution is -2.37. The quantitative estimate of drug-likeness (QED) is 0.391. The van der Waals surface area contributed by atoms with E-state index >= 15 is 0 Å². The van der Waals surface area contributed by atoms with Crippen LogP contribution in [0.5, 0.6) is 11.5 Å². The van der Waals surface area contributed by atoms with Crippen LogP contribution >= 0.6 is 0 Å². The number of halogens is 4. The summed E-state index contributed by atoms with van der Waals surface area (Å²) in [7, 11) is 1.19. The van der Waals surface area contributed by atoms with E-state index in [0.29, 0.717) is 24.9 Å². The number of hydrogen-bond acceptors (Lipinski definition) is 3. The molecule has 1 aliphatic heterocycles. The van der Waals surface area contributed by atoms with Crippen molar-refractivity contribution in [3.63, 3.8) is 0 Å². The van der Waals surface area contributed by atoms with Crippen LogP contribution < -0.4 is 9.47 Å². The van der Waals surface area contributed by atoms with Crippen LogP contribution in [0.3, 0.4) is 0 Å². The van der Waals surface area contributed by atoms with Crippen molar-refractivity contribution in [2.24, 2.45) is 17.8 Å². The number of methoxy groups -OCH3 is 1. The fourth-order valence-electron chi connectivity index (χ4n) is 5.07. The van der Waals surface area contributed by atoms with Crippen molar-refractivity contribution in [3.05, 3.63) is 23.8 Å². The molecule has 0 aromatic heterocycles. The van der Waals surface area contributed by atoms with E-state index in [2.05, 4.69) is 11.7 Å². The highest BCUT2D eigenvalue weighted by atomic mass is 19.3. The highest BCUT2D eigenvalue weighted by molar-refractivity contribution is 5.34. The molecule has 1 saturated heterocycles. The minimum atomic E-state index is -3.20. The summed E-state index contributed by atoms with van der Waals surface area (Å²) in [5.41, 5.74) is 0. The van der Waals surface area contributed by atoms with Crippen molar-refractivity contribution in [1.82, 2.24) is 0 Å². The smallest absolute Gasteiger partial charge is 0.283 e. The van der Waals surface area contributed by atoms with Crippen LogP contribution in [0.4, 0.5) is 17.6 Å². The van der Waals surface area contributed by atoms with Crippen molar-refractivity contribution in [2.75, 3.05) is 20.3 Å². The monoisotopic (exact) mass is 446 g/mol. The first-order valence-corrected chi connectivity index (χ1v) is 11.5. The van der Waals surface area contributed by atoms with E-state index in [4.69, 9.17) is 9.47 Å². The molecule has 3 rings (SSSR count). The molecule has 0 N–H and O–H groups in total. The Bertz CT molecular complexity index is 696. The van der Waals surface area contributed by atoms with Gasteiger partial charge in [-0.2, -0.15) is 8.78 Å². The van der Waals surface area contributed by atoms with E-state index in [1.807, 2.05) is 0 Å². The third-order valence-electron chi connectivity index (χ3n) is 6.86. The molecular formula is C24H34F4O3. The summed E-state index contributed by atoms with van der Waals surface area (Å²) in [6, 6.07) is 2.23. The summed E-state index contributed by atoms with van der Waals surface area (Å²) in [5.74, 6) is -4.69. The van der Waals surface area contributed by atoms with Crippen LogP contribution in [-0.2, 0) is 4.74 Å². The Morgan fingerprint density at radius 3 is 2.23 bits per heavy atom. The Morgan fingerprint density at radius 2 is 1.61 bits per heavy atom. The Morgan fingerprint density at radius 1 is 0.968 bits per heavy atom. The van der Waals surface area contributed by atoms with Gasteiger partial charge in [-0.3, -0.25) is 0 Å². The Hall–Kier alpha value is -1.50. The molecule has 1 heterocycles. The predicted octanol–water partition coefficient (Wildman–Crippen LogP) is 6.78. The van der Waals surface area contributed by atoms with Crippen LogP contribution in [0.25, 0.3) is 0 Å². The molecule has 1 saturated carbocycles. The number of hydrogen-bond donors (Lipinski definition) is 0. The van der Waals surface area contributed by atoms with E-state index in [9.17, 15) is 17.6 Å². The molecule has 31 heavy (non-hydrogen) atoms. The van der Waals surface area contributed by atoms with Gasteiger partial charge in [-0.05, 0) is 55.6 Å². The fourth-order valence-corrected chi connectivity index (χ4v) is 5.07. The molecule has 2 unspecified atom stereocenters. The molecular weight excluding hydrogens is 412 g/mol. The molecule has 2 atom stereocenters. The molecule has 0 spiro atoms. The topological polar surface area (TPSA) is 27.7 Å². The Labute approximate surface area is 182 Å². The zero-order valence-electron chi connectivity index (χ0n) is 18.5. The van der Waals surface area contributed by atoms with E-state index in [1.54, 1.807) is 0 Å². The van der Waals surface area contributed by atoms with Gasteiger partial charge in [0.15, 0.2) is 18.1 Å². The third kappa shape index (κ3) is 6.50. The highest BCUT2D eigenvalue weighted by Crippen LogP contribution is 2.40. The van der Waals surface area contributed by atoms with Crippen molar-refractivity contribution in [3.8, 4) is 11.5 Å². The van der Waals surface area contributed by atoms with Gasteiger partial charge in [-0.1, -0.05) is 32.6 Å². The van der Waals surface area contributed by atoms with E-state index in [-0.39, 0.29) is 5.75 Å². The van der Waals surface area contributed by atoms with Crippen molar-refractivity contribution in [2.45, 2.75) is 76.7 Å². The highest BCUT2D eigenvalue weighted by Gasteiger charge is 2.38. The average molecular weight is 447 g/mol. The largest absolute Gasteiger partial charge is 0.494 e. The van der Waals surface area contributed by atoms with Crippen molar-refractivity contribution < 1.29 is 31.8 Å². The summed E-state index contributed by atoms with van der Waals surface area (Å²) in [6.07, 6.45) is 8.01. The van der Waals surface area contributed by atoms with Crippen LogP contribution in [0.1, 0.15) is 64.7 Å². The molecule has 0 bridgehead atoms. The van der Waals surface area contributed by atoms with Gasteiger partial charge in [0.1, 0.15) is 0 Å². The first-order valence-electron chi connectivity index (χ1n) is 11.5. The zero-order chi connectivity index (χ0) is 22.4. The second kappa shape index (κ2) is 10.9. The van der Waals surface area contributed by atoms with Crippen molar-refractivity contribution >= 4 is 0 Å². The first kappa shape index (κ1) is 24.1. The lowest BCUT2D eigenvalue weighted by molar-refractivity contribution is -0.113. The number of rotatable bonds is 9. The Balaban J connectivity index is 1.43. The van der Waals surface area contributed by atoms with Gasteiger partial charge in [0.05, 0.1) is 19.8 Å². The molecule has 3 nitrogen and oxygen atoms in total. The second-order valence-electron chi connectivity index (χ2n) is 9.10. The number of benzene rings is 1. The zero-order valence-corrected chi connectivity index (χ0v) is 18.5. The van der Waals surface area contributed by atoms with Gasteiger partial charge >= 0.3 is 0 Å². The summed E-state index contributed by atoms with van der Waals surface area (Å²) in [4.78, 5) is 0. The summed E-state index contributed by atoms with van der Waals surface area (Å²) < 4.78 is 71.8. The molecule has 0 amide bonds. The van der Waals surface area contributed by atoms with E-state index in [0.717, 1.165) is 24.5 Å². The van der Waals surface area contributed by atoms with Gasteiger partial charge < -0.3 is 14.2 Å². The van der Waals surface area contributed by atoms with E-state index < -0.39 is 42.4 Å². The third-order valence-corrected chi connectivity index (χ3v) is 6.86. The van der Waals surface area contributed by atoms with Crippen LogP contribution in [0.2, 0.25) is 0 Å². The molecule has 2 aliphatic rings. The minimum Gasteiger partial charge on any atom is -0.494 e. The summed E-state index contributed by atoms with van der Waals surface area (Å²) in [5, 5.41) is 0. The van der Waals surface area contributed by atoms with Crippen LogP contribution in [0.15, 0.2) is 12.1 Å². The van der Waals surface area contributed by atoms with Crippen LogP contribution in [-0.4, -0.2) is 32.4 Å². The maximum Gasteiger partial charge on any atom is 0.283 e. The fraction of sp³-hybridized carbons (Fsp3) is 0.750. The lowest BCUT2D eigenvalue weighted by atomic mass is 9.73. The van der Waals surface area contributed by atoms with Gasteiger partial charge in [0.25, 0.3) is 5.92 Å². The maximum absolute atomic E-state index is 14.4. The van der Waals surface area contributed by atoms with E-state index in [1.165, 1.54) is 45.6 Å². The lowest BCUT2D eigenvalue weighted by Gasteiger charge is -2.38. The van der Waals surface area contributed by atoms with Gasteiger partial charge in [0.2, 0.25) is 11.6 Å². The van der Waals surface area contributed by atoms with Gasteiger partial charge in [-0.15, -0.1) is 0 Å². The molecule has 2 fully saturated rings. The van der Waals surface area contributed by atoms with Gasteiger partial charge in [-0.25, -0.2) is 8.78 Å². The Kier molecular flexibility index (Phi) is 8.48. The first-order chi connectivity index (χ1) is 14.8. The normalized spacial score (nSPS) is 27.2. The second-order valence-corrected chi connectivity index (χ2v) is 9.10. The standard InChI is InChI=1S/C24H34F4O3/c1-3-4-16-5-7-17(8-6-16)18-9-10-19(30-14-18)13-24(27,28)15-31-21-12-11-20(29-2)22(25)23(21)26/h11-12,16-19H,3-10,13-15H2,1-2H3. The summed E-state index contributed by atoms with van der Waals surface area (Å²) >= 11 is 0. The van der Waals surface area contributed by atoms with Gasteiger partial charge in [0, 0.05) is 6.42 Å². The molecule has 1 aliphatic carbocycles. The summed E-state index contributed by atoms with van der Waals surface area (Å²) in [6.45, 7) is 1.73. The predicted molar refractivity (Wildman–Crippen MR) is 111 cm³/mol. The number of ether oxygens (including phenoxy) is 3. The molecule has 1 aromatic carbocycles. The van der Waals surface area contributed by atoms with Crippen molar-refractivity contribution in [1.29, 1.82) is 0 Å². The molecule has 7 heteroatoms. The SMILES string of the molecule is CCCC1CCC(C2CCC(CC(F)(F)COc3ccc(OC)c(F)c3F)OC2)CC1. The maximum atomic E-state index is 14.4. The molecule has 0 radical (unpaired) electrons. The average Bonchev–Trinajstić information content (AvgIpc) is 2.76. The number of alkyl halides is 2. The molecule has 1 aromatic rings. The molecule has 176 valence electrons.